The van der Waals surface area contributed by atoms with Gasteiger partial charge in [-0.3, -0.25) is 4.79 Å². The number of esters is 1. The first-order chi connectivity index (χ1) is 13.0. The molecule has 2 rings (SSSR count). The number of nitrogens with one attached hydrogen (secondary N) is 1. The molecule has 6 nitrogen and oxygen atoms in total. The largest absolute Gasteiger partial charge is 0.493 e. The fourth-order valence-electron chi connectivity index (χ4n) is 3.20. The van der Waals surface area contributed by atoms with Crippen LogP contribution in [-0.4, -0.2) is 38.2 Å². The van der Waals surface area contributed by atoms with Gasteiger partial charge in [-0.1, -0.05) is 38.0 Å². The van der Waals surface area contributed by atoms with E-state index in [1.165, 1.54) is 13.5 Å². The summed E-state index contributed by atoms with van der Waals surface area (Å²) in [5, 5.41) is 2.95. The molecular weight excluding hydrogens is 346 g/mol. The SMILES string of the molecule is C/C=C/c1ccc(OCC(=O)OCC(=O)N[C@@H]2CCCC[C@@H]2C)c(OC)c1. The highest BCUT2D eigenvalue weighted by molar-refractivity contribution is 5.81. The minimum atomic E-state index is -0.596. The van der Waals surface area contributed by atoms with Crippen LogP contribution in [0.4, 0.5) is 0 Å². The number of ether oxygens (including phenoxy) is 3. The Hall–Kier alpha value is -2.50. The number of benzene rings is 1. The number of carbonyl (C=O) groups excluding carboxylic acids is 2. The van der Waals surface area contributed by atoms with Gasteiger partial charge in [0.05, 0.1) is 7.11 Å². The minimum Gasteiger partial charge on any atom is -0.493 e. The van der Waals surface area contributed by atoms with Gasteiger partial charge in [0.2, 0.25) is 0 Å². The summed E-state index contributed by atoms with van der Waals surface area (Å²) in [7, 11) is 1.54. The van der Waals surface area contributed by atoms with E-state index in [-0.39, 0.29) is 25.2 Å². The molecule has 0 spiro atoms. The van der Waals surface area contributed by atoms with Gasteiger partial charge >= 0.3 is 5.97 Å². The second kappa shape index (κ2) is 10.6. The molecule has 1 aliphatic carbocycles. The Bertz CT molecular complexity index is 671. The maximum atomic E-state index is 12.0. The lowest BCUT2D eigenvalue weighted by molar-refractivity contribution is -0.150. The number of methoxy groups -OCH3 is 1. The Morgan fingerprint density at radius 3 is 2.67 bits per heavy atom. The zero-order valence-corrected chi connectivity index (χ0v) is 16.3. The Morgan fingerprint density at radius 1 is 1.19 bits per heavy atom. The van der Waals surface area contributed by atoms with Crippen molar-refractivity contribution in [2.45, 2.75) is 45.6 Å². The van der Waals surface area contributed by atoms with Gasteiger partial charge in [-0.05, 0) is 43.4 Å². The van der Waals surface area contributed by atoms with Gasteiger partial charge < -0.3 is 19.5 Å². The Morgan fingerprint density at radius 2 is 1.96 bits per heavy atom. The van der Waals surface area contributed by atoms with Crippen molar-refractivity contribution >= 4 is 18.0 Å². The summed E-state index contributed by atoms with van der Waals surface area (Å²) >= 11 is 0. The minimum absolute atomic E-state index is 0.168. The van der Waals surface area contributed by atoms with E-state index < -0.39 is 5.97 Å². The first-order valence-corrected chi connectivity index (χ1v) is 9.42. The molecule has 6 heteroatoms. The summed E-state index contributed by atoms with van der Waals surface area (Å²) in [6, 6.07) is 5.58. The van der Waals surface area contributed by atoms with Crippen molar-refractivity contribution in [3.63, 3.8) is 0 Å². The molecule has 1 amide bonds. The maximum absolute atomic E-state index is 12.0. The molecule has 0 bridgehead atoms. The molecule has 0 heterocycles. The van der Waals surface area contributed by atoms with Crippen LogP contribution in [0.25, 0.3) is 6.08 Å². The molecule has 0 radical (unpaired) electrons. The predicted octanol–water partition coefficient (Wildman–Crippen LogP) is 3.35. The molecule has 27 heavy (non-hydrogen) atoms. The van der Waals surface area contributed by atoms with Gasteiger partial charge in [0.15, 0.2) is 24.7 Å². The zero-order chi connectivity index (χ0) is 19.6. The fraction of sp³-hybridized carbons (Fsp3) is 0.524. The number of hydrogen-bond acceptors (Lipinski definition) is 5. The molecule has 148 valence electrons. The maximum Gasteiger partial charge on any atom is 0.344 e. The molecule has 0 aliphatic heterocycles. The highest BCUT2D eigenvalue weighted by atomic mass is 16.6. The third-order valence-electron chi connectivity index (χ3n) is 4.71. The van der Waals surface area contributed by atoms with Crippen LogP contribution in [0.5, 0.6) is 11.5 Å². The van der Waals surface area contributed by atoms with Gasteiger partial charge in [0, 0.05) is 6.04 Å². The second-order valence-corrected chi connectivity index (χ2v) is 6.80. The van der Waals surface area contributed by atoms with E-state index in [1.54, 1.807) is 6.07 Å². The summed E-state index contributed by atoms with van der Waals surface area (Å²) in [5.74, 6) is 0.571. The highest BCUT2D eigenvalue weighted by Gasteiger charge is 2.23. The normalized spacial score (nSPS) is 19.5. The van der Waals surface area contributed by atoms with Crippen molar-refractivity contribution in [2.75, 3.05) is 20.3 Å². The van der Waals surface area contributed by atoms with E-state index in [0.717, 1.165) is 24.8 Å². The van der Waals surface area contributed by atoms with Crippen LogP contribution in [0, 0.1) is 5.92 Å². The smallest absolute Gasteiger partial charge is 0.344 e. The van der Waals surface area contributed by atoms with Crippen LogP contribution < -0.4 is 14.8 Å². The molecule has 0 saturated heterocycles. The lowest BCUT2D eigenvalue weighted by Gasteiger charge is -2.29. The highest BCUT2D eigenvalue weighted by Crippen LogP contribution is 2.28. The van der Waals surface area contributed by atoms with E-state index in [0.29, 0.717) is 17.4 Å². The summed E-state index contributed by atoms with van der Waals surface area (Å²) in [6.07, 6.45) is 8.29. The first-order valence-electron chi connectivity index (χ1n) is 9.42. The molecule has 0 aromatic heterocycles. The summed E-state index contributed by atoms with van der Waals surface area (Å²) in [6.45, 7) is 3.49. The Labute approximate surface area is 160 Å². The first kappa shape index (κ1) is 20.8. The van der Waals surface area contributed by atoms with Crippen molar-refractivity contribution in [1.29, 1.82) is 0 Å². The van der Waals surface area contributed by atoms with Gasteiger partial charge in [-0.25, -0.2) is 4.79 Å². The van der Waals surface area contributed by atoms with Crippen LogP contribution in [0.1, 0.15) is 45.1 Å². The van der Waals surface area contributed by atoms with Gasteiger partial charge in [-0.2, -0.15) is 0 Å². The summed E-state index contributed by atoms with van der Waals surface area (Å²) in [4.78, 5) is 23.8. The molecule has 1 aromatic carbocycles. The molecule has 1 fully saturated rings. The van der Waals surface area contributed by atoms with Crippen molar-refractivity contribution in [2.24, 2.45) is 5.92 Å². The third-order valence-corrected chi connectivity index (χ3v) is 4.71. The lowest BCUT2D eigenvalue weighted by atomic mass is 9.86. The van der Waals surface area contributed by atoms with Crippen LogP contribution in [0.3, 0.4) is 0 Å². The quantitative estimate of drug-likeness (QED) is 0.706. The molecule has 1 saturated carbocycles. The Balaban J connectivity index is 1.76. The van der Waals surface area contributed by atoms with Crippen LogP contribution in [0.15, 0.2) is 24.3 Å². The number of hydrogen-bond donors (Lipinski definition) is 1. The van der Waals surface area contributed by atoms with Gasteiger partial charge in [0.1, 0.15) is 0 Å². The number of rotatable bonds is 8. The predicted molar refractivity (Wildman–Crippen MR) is 104 cm³/mol. The number of carbonyl (C=O) groups is 2. The van der Waals surface area contributed by atoms with E-state index in [9.17, 15) is 9.59 Å². The molecular formula is C21H29NO5. The zero-order valence-electron chi connectivity index (χ0n) is 16.3. The monoisotopic (exact) mass is 375 g/mol. The van der Waals surface area contributed by atoms with Crippen molar-refractivity contribution in [1.82, 2.24) is 5.32 Å². The standard InChI is InChI=1S/C21H29NO5/c1-4-7-16-10-11-18(19(12-16)25-3)26-14-21(24)27-13-20(23)22-17-9-6-5-8-15(17)2/h4,7,10-12,15,17H,5-6,8-9,13-14H2,1-3H3,(H,22,23)/b7-4+/t15-,17+/m0/s1. The van der Waals surface area contributed by atoms with E-state index in [2.05, 4.69) is 12.2 Å². The van der Waals surface area contributed by atoms with Crippen molar-refractivity contribution in [3.05, 3.63) is 29.8 Å². The van der Waals surface area contributed by atoms with E-state index in [1.807, 2.05) is 31.2 Å². The van der Waals surface area contributed by atoms with E-state index in [4.69, 9.17) is 14.2 Å². The molecule has 1 aromatic rings. The average Bonchev–Trinajstić information content (AvgIpc) is 2.67. The fourth-order valence-corrected chi connectivity index (χ4v) is 3.20. The molecule has 1 aliphatic rings. The van der Waals surface area contributed by atoms with Crippen LogP contribution >= 0.6 is 0 Å². The third kappa shape index (κ3) is 6.62. The lowest BCUT2D eigenvalue weighted by Crippen LogP contribution is -2.43. The average molecular weight is 375 g/mol. The summed E-state index contributed by atoms with van der Waals surface area (Å²) < 4.78 is 15.8. The van der Waals surface area contributed by atoms with Crippen molar-refractivity contribution in [3.8, 4) is 11.5 Å². The van der Waals surface area contributed by atoms with Crippen molar-refractivity contribution < 1.29 is 23.8 Å². The van der Waals surface area contributed by atoms with Gasteiger partial charge in [-0.15, -0.1) is 0 Å². The molecule has 1 N–H and O–H groups in total. The number of allylic oxidation sites excluding steroid dienone is 1. The van der Waals surface area contributed by atoms with E-state index >= 15 is 0 Å². The van der Waals surface area contributed by atoms with Crippen LogP contribution in [-0.2, 0) is 14.3 Å². The van der Waals surface area contributed by atoms with Crippen LogP contribution in [0.2, 0.25) is 0 Å². The summed E-state index contributed by atoms with van der Waals surface area (Å²) in [5.41, 5.74) is 0.970. The van der Waals surface area contributed by atoms with Gasteiger partial charge in [0.25, 0.3) is 5.91 Å². The Kier molecular flexibility index (Phi) is 8.17. The topological polar surface area (TPSA) is 73.9 Å². The molecule has 2 atom stereocenters. The second-order valence-electron chi connectivity index (χ2n) is 6.80. The number of amides is 1. The molecule has 0 unspecified atom stereocenters.